The van der Waals surface area contributed by atoms with Gasteiger partial charge in [0.1, 0.15) is 11.4 Å². The fourth-order valence-electron chi connectivity index (χ4n) is 5.06. The lowest BCUT2D eigenvalue weighted by molar-refractivity contribution is 0.0714. The smallest absolute Gasteiger partial charge is 0.291 e. The van der Waals surface area contributed by atoms with E-state index in [0.29, 0.717) is 46.8 Å². The predicted octanol–water partition coefficient (Wildman–Crippen LogP) is 6.48. The van der Waals surface area contributed by atoms with Crippen LogP contribution in [0.15, 0.2) is 63.8 Å². The van der Waals surface area contributed by atoms with Gasteiger partial charge in [-0.05, 0) is 79.8 Å². The molecule has 2 heterocycles. The molecule has 6 nitrogen and oxygen atoms in total. The standard InChI is InChI=1S/C31H30FNO5/c1-5-13-37-24-12-9-21(16-25(24)36-6-2)27-26-28(34)23-15-18(3)14-19(4)29(23)38-30(26)31(35)33(27)17-20-7-10-22(32)11-8-20/h7-12,14-16,27H,5-6,13,17H2,1-4H3. The number of rotatable bonds is 8. The fourth-order valence-corrected chi connectivity index (χ4v) is 5.06. The average Bonchev–Trinajstić information content (AvgIpc) is 3.17. The van der Waals surface area contributed by atoms with E-state index < -0.39 is 11.9 Å². The molecule has 1 aromatic heterocycles. The largest absolute Gasteiger partial charge is 0.490 e. The van der Waals surface area contributed by atoms with E-state index in [1.165, 1.54) is 12.1 Å². The third-order valence-corrected chi connectivity index (χ3v) is 6.71. The lowest BCUT2D eigenvalue weighted by atomic mass is 9.96. The molecule has 3 aromatic carbocycles. The summed E-state index contributed by atoms with van der Waals surface area (Å²) in [4.78, 5) is 29.4. The van der Waals surface area contributed by atoms with Crippen LogP contribution >= 0.6 is 0 Å². The van der Waals surface area contributed by atoms with Crippen molar-refractivity contribution in [1.82, 2.24) is 4.90 Å². The SMILES string of the molecule is CCCOc1ccc(C2c3c(oc4c(C)cc(C)cc4c3=O)C(=O)N2Cc2ccc(F)cc2)cc1OCC. The van der Waals surface area contributed by atoms with E-state index in [1.54, 1.807) is 23.1 Å². The van der Waals surface area contributed by atoms with Crippen LogP contribution in [0.2, 0.25) is 0 Å². The molecule has 196 valence electrons. The zero-order chi connectivity index (χ0) is 27.0. The summed E-state index contributed by atoms with van der Waals surface area (Å²) in [7, 11) is 0. The van der Waals surface area contributed by atoms with Crippen molar-refractivity contribution in [2.24, 2.45) is 0 Å². The van der Waals surface area contributed by atoms with Gasteiger partial charge in [-0.15, -0.1) is 0 Å². The van der Waals surface area contributed by atoms with E-state index in [1.807, 2.05) is 52.0 Å². The van der Waals surface area contributed by atoms with Gasteiger partial charge in [0.05, 0.1) is 30.2 Å². The summed E-state index contributed by atoms with van der Waals surface area (Å²) in [5.74, 6) is 0.421. The van der Waals surface area contributed by atoms with Crippen LogP contribution in [-0.4, -0.2) is 24.0 Å². The van der Waals surface area contributed by atoms with Gasteiger partial charge in [-0.3, -0.25) is 9.59 Å². The van der Waals surface area contributed by atoms with Gasteiger partial charge in [-0.2, -0.15) is 0 Å². The summed E-state index contributed by atoms with van der Waals surface area (Å²) in [6.07, 6.45) is 0.843. The van der Waals surface area contributed by atoms with Crippen molar-refractivity contribution in [3.8, 4) is 11.5 Å². The first-order valence-corrected chi connectivity index (χ1v) is 12.8. The van der Waals surface area contributed by atoms with Crippen LogP contribution in [0.25, 0.3) is 11.0 Å². The molecular weight excluding hydrogens is 485 g/mol. The summed E-state index contributed by atoms with van der Waals surface area (Å²) in [5.41, 5.74) is 3.61. The fraction of sp³-hybridized carbons (Fsp3) is 0.290. The van der Waals surface area contributed by atoms with Crippen molar-refractivity contribution in [2.45, 2.75) is 46.7 Å². The summed E-state index contributed by atoms with van der Waals surface area (Å²) < 4.78 is 31.5. The minimum atomic E-state index is -0.719. The van der Waals surface area contributed by atoms with Crippen LogP contribution < -0.4 is 14.9 Å². The zero-order valence-electron chi connectivity index (χ0n) is 22.0. The maximum atomic E-state index is 14.0. The van der Waals surface area contributed by atoms with Crippen LogP contribution in [0, 0.1) is 19.7 Å². The number of fused-ring (bicyclic) bond motifs is 2. The molecule has 0 saturated carbocycles. The van der Waals surface area contributed by atoms with Crippen LogP contribution in [0.3, 0.4) is 0 Å². The Hall–Kier alpha value is -4.13. The van der Waals surface area contributed by atoms with Gasteiger partial charge in [0.2, 0.25) is 5.76 Å². The van der Waals surface area contributed by atoms with Crippen LogP contribution in [0.5, 0.6) is 11.5 Å². The number of carbonyl (C=O) groups excluding carboxylic acids is 1. The molecule has 0 fully saturated rings. The highest BCUT2D eigenvalue weighted by Gasteiger charge is 2.43. The second-order valence-electron chi connectivity index (χ2n) is 9.58. The number of ether oxygens (including phenoxy) is 2. The molecule has 1 aliphatic heterocycles. The number of nitrogens with zero attached hydrogens (tertiary/aromatic N) is 1. The van der Waals surface area contributed by atoms with Crippen LogP contribution in [-0.2, 0) is 6.54 Å². The topological polar surface area (TPSA) is 69.0 Å². The molecule has 0 bridgehead atoms. The first kappa shape index (κ1) is 25.5. The van der Waals surface area contributed by atoms with Crippen LogP contribution in [0.1, 0.15) is 64.7 Å². The molecule has 1 aliphatic rings. The molecule has 4 aromatic rings. The maximum absolute atomic E-state index is 14.0. The molecule has 38 heavy (non-hydrogen) atoms. The summed E-state index contributed by atoms with van der Waals surface area (Å²) >= 11 is 0. The predicted molar refractivity (Wildman–Crippen MR) is 143 cm³/mol. The van der Waals surface area contributed by atoms with Crippen molar-refractivity contribution in [2.75, 3.05) is 13.2 Å². The highest BCUT2D eigenvalue weighted by Crippen LogP contribution is 2.42. The molecule has 0 aliphatic carbocycles. The Kier molecular flexibility index (Phi) is 6.93. The molecule has 0 radical (unpaired) electrons. The second kappa shape index (κ2) is 10.3. The van der Waals surface area contributed by atoms with Crippen molar-refractivity contribution in [3.63, 3.8) is 0 Å². The Bertz CT molecular complexity index is 1570. The highest BCUT2D eigenvalue weighted by molar-refractivity contribution is 5.99. The minimum Gasteiger partial charge on any atom is -0.490 e. The van der Waals surface area contributed by atoms with E-state index >= 15 is 0 Å². The lowest BCUT2D eigenvalue weighted by Gasteiger charge is -2.26. The molecule has 1 atom stereocenters. The second-order valence-corrected chi connectivity index (χ2v) is 9.58. The Labute approximate surface area is 220 Å². The normalized spacial score (nSPS) is 14.7. The Morgan fingerprint density at radius 2 is 1.71 bits per heavy atom. The van der Waals surface area contributed by atoms with Crippen molar-refractivity contribution in [3.05, 3.63) is 104 Å². The number of aryl methyl sites for hydroxylation is 2. The Morgan fingerprint density at radius 3 is 2.42 bits per heavy atom. The molecule has 1 amide bonds. The molecular formula is C31H30FNO5. The first-order valence-electron chi connectivity index (χ1n) is 12.8. The maximum Gasteiger partial charge on any atom is 0.291 e. The quantitative estimate of drug-likeness (QED) is 0.269. The minimum absolute atomic E-state index is 0.0332. The summed E-state index contributed by atoms with van der Waals surface area (Å²) in [6, 6.07) is 14.5. The number of hydrogen-bond donors (Lipinski definition) is 0. The average molecular weight is 516 g/mol. The number of carbonyl (C=O) groups is 1. The van der Waals surface area contributed by atoms with Gasteiger partial charge < -0.3 is 18.8 Å². The van der Waals surface area contributed by atoms with Crippen molar-refractivity contribution >= 4 is 16.9 Å². The van der Waals surface area contributed by atoms with E-state index in [0.717, 1.165) is 23.1 Å². The van der Waals surface area contributed by atoms with Gasteiger partial charge in [-0.1, -0.05) is 31.2 Å². The molecule has 7 heteroatoms. The third kappa shape index (κ3) is 4.53. The number of hydrogen-bond acceptors (Lipinski definition) is 5. The number of amides is 1. The van der Waals surface area contributed by atoms with Gasteiger partial charge in [0.15, 0.2) is 16.9 Å². The van der Waals surface area contributed by atoms with Crippen molar-refractivity contribution in [1.29, 1.82) is 0 Å². The highest BCUT2D eigenvalue weighted by atomic mass is 19.1. The lowest BCUT2D eigenvalue weighted by Crippen LogP contribution is -2.29. The van der Waals surface area contributed by atoms with Gasteiger partial charge in [0.25, 0.3) is 5.91 Å². The van der Waals surface area contributed by atoms with Gasteiger partial charge in [-0.25, -0.2) is 4.39 Å². The van der Waals surface area contributed by atoms with E-state index in [4.69, 9.17) is 13.9 Å². The van der Waals surface area contributed by atoms with Gasteiger partial charge in [0, 0.05) is 6.54 Å². The number of halogens is 1. The molecule has 0 saturated heterocycles. The van der Waals surface area contributed by atoms with E-state index in [2.05, 4.69) is 0 Å². The monoisotopic (exact) mass is 515 g/mol. The Balaban J connectivity index is 1.71. The van der Waals surface area contributed by atoms with Crippen molar-refractivity contribution < 1.29 is 23.1 Å². The molecule has 5 rings (SSSR count). The first-order chi connectivity index (χ1) is 18.3. The summed E-state index contributed by atoms with van der Waals surface area (Å²) in [6.45, 7) is 8.83. The van der Waals surface area contributed by atoms with E-state index in [9.17, 15) is 14.0 Å². The van der Waals surface area contributed by atoms with Gasteiger partial charge >= 0.3 is 0 Å². The molecule has 0 spiro atoms. The number of benzene rings is 3. The molecule has 1 unspecified atom stereocenters. The van der Waals surface area contributed by atoms with E-state index in [-0.39, 0.29) is 23.6 Å². The molecule has 0 N–H and O–H groups in total. The van der Waals surface area contributed by atoms with Crippen LogP contribution in [0.4, 0.5) is 4.39 Å². The zero-order valence-corrected chi connectivity index (χ0v) is 22.0. The Morgan fingerprint density at radius 1 is 0.947 bits per heavy atom. The summed E-state index contributed by atoms with van der Waals surface area (Å²) in [5, 5.41) is 0.440. The third-order valence-electron chi connectivity index (χ3n) is 6.71.